The number of H-pyrrole nitrogens is 1. The molecule has 0 atom stereocenters. The van der Waals surface area contributed by atoms with Gasteiger partial charge in [0, 0.05) is 25.2 Å². The minimum atomic E-state index is -0.118. The van der Waals surface area contributed by atoms with Crippen LogP contribution in [0.2, 0.25) is 0 Å². The number of nitrogens with one attached hydrogen (secondary N) is 2. The molecule has 5 nitrogen and oxygen atoms in total. The van der Waals surface area contributed by atoms with E-state index in [0.717, 1.165) is 25.7 Å². The van der Waals surface area contributed by atoms with Gasteiger partial charge in [-0.2, -0.15) is 0 Å². The molecule has 0 unspecified atom stereocenters. The Balaban J connectivity index is 1.76. The van der Waals surface area contributed by atoms with Crippen LogP contribution in [0.5, 0.6) is 0 Å². The highest BCUT2D eigenvalue weighted by Gasteiger charge is 2.26. The minimum absolute atomic E-state index is 0.118. The lowest BCUT2D eigenvalue weighted by atomic mass is 10.4. The Morgan fingerprint density at radius 3 is 3.06 bits per heavy atom. The molecule has 0 bridgehead atoms. The van der Waals surface area contributed by atoms with Crippen LogP contribution in [-0.4, -0.2) is 40.5 Å². The van der Waals surface area contributed by atoms with Gasteiger partial charge in [0.05, 0.1) is 6.33 Å². The van der Waals surface area contributed by atoms with Gasteiger partial charge in [-0.15, -0.1) is 0 Å². The number of aromatic amines is 1. The summed E-state index contributed by atoms with van der Waals surface area (Å²) >= 11 is 0. The molecule has 0 radical (unpaired) electrons. The van der Waals surface area contributed by atoms with E-state index < -0.39 is 0 Å². The third kappa shape index (κ3) is 3.06. The smallest absolute Gasteiger partial charge is 0.252 e. The fraction of sp³-hybridized carbons (Fsp3) is 0.636. The van der Waals surface area contributed by atoms with Crippen molar-refractivity contribution in [1.82, 2.24) is 14.9 Å². The second-order valence-electron chi connectivity index (χ2n) is 4.08. The zero-order valence-corrected chi connectivity index (χ0v) is 9.57. The van der Waals surface area contributed by atoms with Gasteiger partial charge in [0.2, 0.25) is 0 Å². The summed E-state index contributed by atoms with van der Waals surface area (Å²) in [6.07, 6.45) is 4.08. The number of likely N-dealkylation sites (N-methyl/N-ethyl adjacent to an activating group) is 1. The fourth-order valence-corrected chi connectivity index (χ4v) is 1.83. The van der Waals surface area contributed by atoms with Crippen LogP contribution in [0.15, 0.2) is 17.2 Å². The first-order valence-electron chi connectivity index (χ1n) is 5.82. The summed E-state index contributed by atoms with van der Waals surface area (Å²) in [5.74, 6) is 0.649. The molecule has 1 fully saturated rings. The van der Waals surface area contributed by atoms with Crippen molar-refractivity contribution in [3.8, 4) is 0 Å². The molecule has 0 aliphatic heterocycles. The third-order valence-corrected chi connectivity index (χ3v) is 2.85. The molecule has 1 aliphatic rings. The lowest BCUT2D eigenvalue weighted by Gasteiger charge is -2.19. The molecule has 1 heterocycles. The lowest BCUT2D eigenvalue weighted by molar-refractivity contribution is 0.289. The summed E-state index contributed by atoms with van der Waals surface area (Å²) in [6.45, 7) is 5.12. The van der Waals surface area contributed by atoms with E-state index in [1.54, 1.807) is 0 Å². The summed E-state index contributed by atoms with van der Waals surface area (Å²) in [7, 11) is 0. The van der Waals surface area contributed by atoms with Crippen LogP contribution in [0.3, 0.4) is 0 Å². The topological polar surface area (TPSA) is 61.0 Å². The molecule has 1 aromatic rings. The van der Waals surface area contributed by atoms with E-state index in [0.29, 0.717) is 5.82 Å². The van der Waals surface area contributed by atoms with Gasteiger partial charge in [-0.25, -0.2) is 4.98 Å². The van der Waals surface area contributed by atoms with Crippen molar-refractivity contribution in [2.75, 3.05) is 25.0 Å². The Kier molecular flexibility index (Phi) is 3.56. The average Bonchev–Trinajstić information content (AvgIpc) is 3.08. The normalized spacial score (nSPS) is 15.4. The van der Waals surface area contributed by atoms with Crippen molar-refractivity contribution < 1.29 is 0 Å². The number of hydrogen-bond acceptors (Lipinski definition) is 4. The van der Waals surface area contributed by atoms with Gasteiger partial charge < -0.3 is 10.3 Å². The molecule has 1 aliphatic carbocycles. The second kappa shape index (κ2) is 5.12. The summed E-state index contributed by atoms with van der Waals surface area (Å²) in [4.78, 5) is 20.0. The zero-order chi connectivity index (χ0) is 11.4. The Labute approximate surface area is 94.9 Å². The fourth-order valence-electron chi connectivity index (χ4n) is 1.83. The molecule has 1 aromatic heterocycles. The van der Waals surface area contributed by atoms with Crippen molar-refractivity contribution in [3.05, 3.63) is 22.7 Å². The molecule has 1 saturated carbocycles. The van der Waals surface area contributed by atoms with Crippen LogP contribution < -0.4 is 10.9 Å². The van der Waals surface area contributed by atoms with E-state index in [1.807, 2.05) is 0 Å². The summed E-state index contributed by atoms with van der Waals surface area (Å²) in [6, 6.07) is 2.27. The molecule has 0 saturated heterocycles. The van der Waals surface area contributed by atoms with Crippen molar-refractivity contribution in [1.29, 1.82) is 0 Å². The third-order valence-electron chi connectivity index (χ3n) is 2.85. The summed E-state index contributed by atoms with van der Waals surface area (Å²) < 4.78 is 0. The Hall–Kier alpha value is -1.36. The van der Waals surface area contributed by atoms with Crippen LogP contribution in [-0.2, 0) is 0 Å². The van der Waals surface area contributed by atoms with Crippen molar-refractivity contribution in [2.24, 2.45) is 0 Å². The molecule has 0 aromatic carbocycles. The van der Waals surface area contributed by atoms with Gasteiger partial charge in [0.15, 0.2) is 0 Å². The molecule has 2 rings (SSSR count). The van der Waals surface area contributed by atoms with Crippen LogP contribution in [0.4, 0.5) is 5.82 Å². The van der Waals surface area contributed by atoms with Crippen molar-refractivity contribution in [2.45, 2.75) is 25.8 Å². The Bertz CT molecular complexity index is 386. The van der Waals surface area contributed by atoms with Gasteiger partial charge in [0.1, 0.15) is 5.82 Å². The largest absolute Gasteiger partial charge is 0.369 e. The van der Waals surface area contributed by atoms with E-state index in [-0.39, 0.29) is 5.56 Å². The van der Waals surface area contributed by atoms with Crippen LogP contribution in [0, 0.1) is 0 Å². The van der Waals surface area contributed by atoms with Crippen LogP contribution in [0.1, 0.15) is 19.8 Å². The van der Waals surface area contributed by atoms with Gasteiger partial charge in [0.25, 0.3) is 5.56 Å². The Morgan fingerprint density at radius 2 is 2.44 bits per heavy atom. The number of rotatable bonds is 6. The van der Waals surface area contributed by atoms with E-state index >= 15 is 0 Å². The van der Waals surface area contributed by atoms with Crippen LogP contribution >= 0.6 is 0 Å². The molecule has 16 heavy (non-hydrogen) atoms. The molecular formula is C11H18N4O. The highest BCUT2D eigenvalue weighted by Crippen LogP contribution is 2.25. The van der Waals surface area contributed by atoms with Gasteiger partial charge in [-0.05, 0) is 19.4 Å². The molecular weight excluding hydrogens is 204 g/mol. The second-order valence-corrected chi connectivity index (χ2v) is 4.08. The van der Waals surface area contributed by atoms with E-state index in [2.05, 4.69) is 27.1 Å². The molecule has 5 heteroatoms. The highest BCUT2D eigenvalue weighted by atomic mass is 16.1. The standard InChI is InChI=1S/C11H18N4O/c1-2-15(9-3-4-9)6-5-12-10-7-11(16)14-8-13-10/h7-9H,2-6H2,1H3,(H2,12,13,14,16). The first-order valence-corrected chi connectivity index (χ1v) is 5.82. The Morgan fingerprint density at radius 1 is 1.62 bits per heavy atom. The SMILES string of the molecule is CCN(CCNc1cc(=O)[nH]cn1)C1CC1. The molecule has 0 spiro atoms. The molecule has 88 valence electrons. The van der Waals surface area contributed by atoms with Crippen molar-refractivity contribution >= 4 is 5.82 Å². The maximum Gasteiger partial charge on any atom is 0.252 e. The lowest BCUT2D eigenvalue weighted by Crippen LogP contribution is -2.31. The number of nitrogens with zero attached hydrogens (tertiary/aromatic N) is 2. The first kappa shape index (κ1) is 11.1. The molecule has 0 amide bonds. The van der Waals surface area contributed by atoms with Crippen molar-refractivity contribution in [3.63, 3.8) is 0 Å². The van der Waals surface area contributed by atoms with E-state index in [1.165, 1.54) is 25.2 Å². The predicted molar refractivity (Wildman–Crippen MR) is 63.6 cm³/mol. The zero-order valence-electron chi connectivity index (χ0n) is 9.57. The maximum atomic E-state index is 11.0. The maximum absolute atomic E-state index is 11.0. The minimum Gasteiger partial charge on any atom is -0.369 e. The van der Waals surface area contributed by atoms with E-state index in [4.69, 9.17) is 0 Å². The van der Waals surface area contributed by atoms with Gasteiger partial charge in [-0.1, -0.05) is 6.92 Å². The van der Waals surface area contributed by atoms with Gasteiger partial charge >= 0.3 is 0 Å². The van der Waals surface area contributed by atoms with Crippen LogP contribution in [0.25, 0.3) is 0 Å². The first-order chi connectivity index (χ1) is 7.79. The average molecular weight is 222 g/mol. The summed E-state index contributed by atoms with van der Waals surface area (Å²) in [5, 5.41) is 3.16. The monoisotopic (exact) mass is 222 g/mol. The quantitative estimate of drug-likeness (QED) is 0.742. The highest BCUT2D eigenvalue weighted by molar-refractivity contribution is 5.31. The van der Waals surface area contributed by atoms with Gasteiger partial charge in [-0.3, -0.25) is 9.69 Å². The number of aromatic nitrogens is 2. The predicted octanol–water partition coefficient (Wildman–Crippen LogP) is 0.666. The van der Waals surface area contributed by atoms with E-state index in [9.17, 15) is 4.79 Å². The molecule has 2 N–H and O–H groups in total. The summed E-state index contributed by atoms with van der Waals surface area (Å²) in [5.41, 5.74) is -0.118. The number of anilines is 1. The number of hydrogen-bond donors (Lipinski definition) is 2.